The molecular formula is C23H28N2O3. The first-order valence-corrected chi connectivity index (χ1v) is 9.84. The number of nitrogens with one attached hydrogen (secondary N) is 2. The van der Waals surface area contributed by atoms with Crippen LogP contribution in [0.4, 0.5) is 5.69 Å². The third-order valence-electron chi connectivity index (χ3n) is 5.40. The van der Waals surface area contributed by atoms with E-state index in [1.807, 2.05) is 55.5 Å². The Kier molecular flexibility index (Phi) is 6.69. The lowest BCUT2D eigenvalue weighted by Crippen LogP contribution is -2.35. The average molecular weight is 380 g/mol. The summed E-state index contributed by atoms with van der Waals surface area (Å²) in [6.45, 7) is 2.46. The number of rotatable bonds is 6. The standard InChI is InChI=1S/C23H28N2O3/c1-16-6-5-8-20(14-16)25-23(27)18-12-10-17(11-13-18)22(26)24-15-19-7-3-4-9-21(19)28-2/h3-9,14,17-18H,10-13,15H2,1-2H3,(H,24,26)(H,25,27). The van der Waals surface area contributed by atoms with Gasteiger partial charge in [0.25, 0.3) is 0 Å². The summed E-state index contributed by atoms with van der Waals surface area (Å²) >= 11 is 0. The van der Waals surface area contributed by atoms with Gasteiger partial charge in [-0.15, -0.1) is 0 Å². The smallest absolute Gasteiger partial charge is 0.227 e. The molecule has 0 aliphatic heterocycles. The van der Waals surface area contributed by atoms with E-state index in [4.69, 9.17) is 4.74 Å². The predicted molar refractivity (Wildman–Crippen MR) is 110 cm³/mol. The number of para-hydroxylation sites is 1. The van der Waals surface area contributed by atoms with Crippen molar-refractivity contribution >= 4 is 17.5 Å². The Bertz CT molecular complexity index is 826. The van der Waals surface area contributed by atoms with Crippen molar-refractivity contribution in [3.05, 3.63) is 59.7 Å². The zero-order valence-electron chi connectivity index (χ0n) is 16.5. The molecule has 1 aliphatic rings. The van der Waals surface area contributed by atoms with Gasteiger partial charge < -0.3 is 15.4 Å². The molecule has 2 aromatic carbocycles. The molecule has 0 atom stereocenters. The van der Waals surface area contributed by atoms with Crippen LogP contribution in [0.5, 0.6) is 5.75 Å². The number of benzene rings is 2. The highest BCUT2D eigenvalue weighted by molar-refractivity contribution is 5.92. The van der Waals surface area contributed by atoms with Crippen LogP contribution < -0.4 is 15.4 Å². The molecule has 2 aromatic rings. The first kappa shape index (κ1) is 19.9. The highest BCUT2D eigenvalue weighted by atomic mass is 16.5. The van der Waals surface area contributed by atoms with Crippen molar-refractivity contribution in [1.82, 2.24) is 5.32 Å². The molecule has 148 valence electrons. The van der Waals surface area contributed by atoms with E-state index >= 15 is 0 Å². The van der Waals surface area contributed by atoms with Gasteiger partial charge in [-0.2, -0.15) is 0 Å². The summed E-state index contributed by atoms with van der Waals surface area (Å²) in [5.41, 5.74) is 2.92. The molecular weight excluding hydrogens is 352 g/mol. The van der Waals surface area contributed by atoms with E-state index < -0.39 is 0 Å². The fourth-order valence-electron chi connectivity index (χ4n) is 3.76. The van der Waals surface area contributed by atoms with Crippen molar-refractivity contribution in [3.63, 3.8) is 0 Å². The van der Waals surface area contributed by atoms with Gasteiger partial charge in [-0.05, 0) is 56.4 Å². The van der Waals surface area contributed by atoms with E-state index in [0.717, 1.165) is 48.2 Å². The van der Waals surface area contributed by atoms with E-state index in [2.05, 4.69) is 10.6 Å². The van der Waals surface area contributed by atoms with Gasteiger partial charge in [0.2, 0.25) is 11.8 Å². The van der Waals surface area contributed by atoms with Crippen molar-refractivity contribution < 1.29 is 14.3 Å². The molecule has 2 N–H and O–H groups in total. The van der Waals surface area contributed by atoms with Crippen LogP contribution in [-0.4, -0.2) is 18.9 Å². The lowest BCUT2D eigenvalue weighted by molar-refractivity contribution is -0.128. The number of methoxy groups -OCH3 is 1. The summed E-state index contributed by atoms with van der Waals surface area (Å²) in [5.74, 6) is 0.831. The Labute approximate surface area is 166 Å². The lowest BCUT2D eigenvalue weighted by Gasteiger charge is -2.27. The fourth-order valence-corrected chi connectivity index (χ4v) is 3.76. The maximum absolute atomic E-state index is 12.5. The van der Waals surface area contributed by atoms with Crippen LogP contribution in [0.1, 0.15) is 36.8 Å². The number of hydrogen-bond donors (Lipinski definition) is 2. The van der Waals surface area contributed by atoms with Crippen LogP contribution in [0.2, 0.25) is 0 Å². The topological polar surface area (TPSA) is 67.4 Å². The van der Waals surface area contributed by atoms with Gasteiger partial charge in [-0.25, -0.2) is 0 Å². The highest BCUT2D eigenvalue weighted by Gasteiger charge is 2.30. The van der Waals surface area contributed by atoms with E-state index in [0.29, 0.717) is 6.54 Å². The number of hydrogen-bond acceptors (Lipinski definition) is 3. The number of amides is 2. The molecule has 28 heavy (non-hydrogen) atoms. The number of carbonyl (C=O) groups excluding carboxylic acids is 2. The van der Waals surface area contributed by atoms with Crippen molar-refractivity contribution in [2.75, 3.05) is 12.4 Å². The number of carbonyl (C=O) groups is 2. The molecule has 0 radical (unpaired) electrons. The van der Waals surface area contributed by atoms with Gasteiger partial charge >= 0.3 is 0 Å². The van der Waals surface area contributed by atoms with Crippen LogP contribution in [-0.2, 0) is 16.1 Å². The molecule has 1 aliphatic carbocycles. The van der Waals surface area contributed by atoms with Crippen LogP contribution >= 0.6 is 0 Å². The second-order valence-corrected chi connectivity index (χ2v) is 7.44. The minimum absolute atomic E-state index is 0.0289. The van der Waals surface area contributed by atoms with Crippen molar-refractivity contribution in [1.29, 1.82) is 0 Å². The van der Waals surface area contributed by atoms with Crippen LogP contribution in [0, 0.1) is 18.8 Å². The zero-order valence-corrected chi connectivity index (χ0v) is 16.5. The minimum Gasteiger partial charge on any atom is -0.496 e. The van der Waals surface area contributed by atoms with Gasteiger partial charge in [-0.3, -0.25) is 9.59 Å². The quantitative estimate of drug-likeness (QED) is 0.794. The summed E-state index contributed by atoms with van der Waals surface area (Å²) < 4.78 is 5.32. The second kappa shape index (κ2) is 9.40. The second-order valence-electron chi connectivity index (χ2n) is 7.44. The van der Waals surface area contributed by atoms with E-state index in [1.165, 1.54) is 0 Å². The van der Waals surface area contributed by atoms with Gasteiger partial charge in [0.15, 0.2) is 0 Å². The minimum atomic E-state index is -0.0299. The van der Waals surface area contributed by atoms with Crippen molar-refractivity contribution in [3.8, 4) is 5.75 Å². The first-order chi connectivity index (χ1) is 13.6. The Balaban J connectivity index is 1.46. The third-order valence-corrected chi connectivity index (χ3v) is 5.40. The third kappa shape index (κ3) is 5.12. The maximum atomic E-state index is 12.5. The van der Waals surface area contributed by atoms with Crippen LogP contribution in [0.25, 0.3) is 0 Å². The summed E-state index contributed by atoms with van der Waals surface area (Å²) in [6.07, 6.45) is 2.96. The summed E-state index contributed by atoms with van der Waals surface area (Å²) in [7, 11) is 1.63. The van der Waals surface area contributed by atoms with E-state index in [9.17, 15) is 9.59 Å². The van der Waals surface area contributed by atoms with Crippen LogP contribution in [0.15, 0.2) is 48.5 Å². The molecule has 0 saturated heterocycles. The van der Waals surface area contributed by atoms with Gasteiger partial charge in [0, 0.05) is 29.6 Å². The lowest BCUT2D eigenvalue weighted by atomic mass is 9.81. The Morgan fingerprint density at radius 3 is 2.32 bits per heavy atom. The Morgan fingerprint density at radius 1 is 0.964 bits per heavy atom. The molecule has 0 bridgehead atoms. The molecule has 2 amide bonds. The number of aryl methyl sites for hydroxylation is 1. The fraction of sp³-hybridized carbons (Fsp3) is 0.391. The molecule has 3 rings (SSSR count). The normalized spacial score (nSPS) is 18.9. The molecule has 5 heteroatoms. The SMILES string of the molecule is COc1ccccc1CNC(=O)C1CCC(C(=O)Nc2cccc(C)c2)CC1. The number of anilines is 1. The summed E-state index contributed by atoms with van der Waals surface area (Å²) in [6, 6.07) is 15.5. The van der Waals surface area contributed by atoms with Gasteiger partial charge in [0.05, 0.1) is 7.11 Å². The van der Waals surface area contributed by atoms with Gasteiger partial charge in [0.1, 0.15) is 5.75 Å². The molecule has 1 saturated carbocycles. The largest absolute Gasteiger partial charge is 0.496 e. The Hall–Kier alpha value is -2.82. The van der Waals surface area contributed by atoms with Crippen LogP contribution in [0.3, 0.4) is 0 Å². The molecule has 1 fully saturated rings. The molecule has 0 aromatic heterocycles. The molecule has 0 heterocycles. The first-order valence-electron chi connectivity index (χ1n) is 9.84. The molecule has 0 spiro atoms. The Morgan fingerprint density at radius 2 is 1.64 bits per heavy atom. The van der Waals surface area contributed by atoms with Gasteiger partial charge in [-0.1, -0.05) is 30.3 Å². The summed E-state index contributed by atoms with van der Waals surface area (Å²) in [5, 5.41) is 6.02. The summed E-state index contributed by atoms with van der Waals surface area (Å²) in [4.78, 5) is 25.0. The van der Waals surface area contributed by atoms with Crippen molar-refractivity contribution in [2.45, 2.75) is 39.2 Å². The van der Waals surface area contributed by atoms with E-state index in [1.54, 1.807) is 7.11 Å². The van der Waals surface area contributed by atoms with E-state index in [-0.39, 0.29) is 23.7 Å². The zero-order chi connectivity index (χ0) is 19.9. The highest BCUT2D eigenvalue weighted by Crippen LogP contribution is 2.30. The van der Waals surface area contributed by atoms with Crippen molar-refractivity contribution in [2.24, 2.45) is 11.8 Å². The maximum Gasteiger partial charge on any atom is 0.227 e. The predicted octanol–water partition coefficient (Wildman–Crippen LogP) is 4.06. The molecule has 0 unspecified atom stereocenters. The number of ether oxygens (including phenoxy) is 1. The monoisotopic (exact) mass is 380 g/mol. The molecule has 5 nitrogen and oxygen atoms in total. The average Bonchev–Trinajstić information content (AvgIpc) is 2.72.